The van der Waals surface area contributed by atoms with Gasteiger partial charge in [-0.05, 0) is 27.2 Å². The largest absolute Gasteiger partial charge is 0.444 e. The summed E-state index contributed by atoms with van der Waals surface area (Å²) in [6, 6.07) is 0. The summed E-state index contributed by atoms with van der Waals surface area (Å²) in [5, 5.41) is 0. The van der Waals surface area contributed by atoms with Crippen molar-refractivity contribution >= 4 is 6.09 Å². The van der Waals surface area contributed by atoms with E-state index >= 15 is 0 Å². The summed E-state index contributed by atoms with van der Waals surface area (Å²) >= 11 is 0. The third kappa shape index (κ3) is 4.46. The maximum absolute atomic E-state index is 11.9. The number of hydrogen-bond donors (Lipinski definition) is 0. The minimum Gasteiger partial charge on any atom is -0.444 e. The molecule has 1 atom stereocenters. The molecular weight excluding hydrogens is 232 g/mol. The van der Waals surface area contributed by atoms with Crippen LogP contribution in [-0.2, 0) is 9.47 Å². The number of carbonyl (C=O) groups is 1. The zero-order chi connectivity index (χ0) is 13.2. The minimum atomic E-state index is -0.405. The molecule has 0 aliphatic carbocycles. The number of amides is 1. The summed E-state index contributed by atoms with van der Waals surface area (Å²) in [6.07, 6.45) is 1.42. The van der Waals surface area contributed by atoms with E-state index in [0.717, 1.165) is 45.8 Å². The molecule has 1 amide bonds. The fourth-order valence-electron chi connectivity index (χ4n) is 2.04. The average molecular weight is 256 g/mol. The Morgan fingerprint density at radius 2 is 1.89 bits per heavy atom. The van der Waals surface area contributed by atoms with Gasteiger partial charge in [0, 0.05) is 32.7 Å². The molecule has 2 saturated heterocycles. The van der Waals surface area contributed by atoms with E-state index in [1.165, 1.54) is 0 Å². The molecule has 2 aliphatic rings. The van der Waals surface area contributed by atoms with Gasteiger partial charge in [-0.15, -0.1) is 0 Å². The first-order valence-corrected chi connectivity index (χ1v) is 6.76. The Hall–Kier alpha value is -0.810. The summed E-state index contributed by atoms with van der Waals surface area (Å²) < 4.78 is 10.6. The molecule has 5 heteroatoms. The first-order valence-electron chi connectivity index (χ1n) is 6.76. The summed E-state index contributed by atoms with van der Waals surface area (Å²) in [6.45, 7) is 11.1. The van der Waals surface area contributed by atoms with Crippen LogP contribution in [0, 0.1) is 0 Å². The van der Waals surface area contributed by atoms with Gasteiger partial charge in [-0.1, -0.05) is 0 Å². The molecule has 0 saturated carbocycles. The summed E-state index contributed by atoms with van der Waals surface area (Å²) in [5.74, 6) is 0. The van der Waals surface area contributed by atoms with E-state index in [4.69, 9.17) is 9.47 Å². The Bertz CT molecular complexity index is 289. The summed E-state index contributed by atoms with van der Waals surface area (Å²) in [4.78, 5) is 16.1. The second-order valence-electron chi connectivity index (χ2n) is 6.05. The van der Waals surface area contributed by atoms with Crippen LogP contribution in [0.2, 0.25) is 0 Å². The smallest absolute Gasteiger partial charge is 0.410 e. The van der Waals surface area contributed by atoms with Crippen molar-refractivity contribution in [1.29, 1.82) is 0 Å². The lowest BCUT2D eigenvalue weighted by atomic mass is 10.2. The van der Waals surface area contributed by atoms with Crippen LogP contribution in [0.3, 0.4) is 0 Å². The number of hydrogen-bond acceptors (Lipinski definition) is 4. The standard InChI is InChI=1S/C13H24N2O3/c1-13(2,3)18-12(16)15-8-6-14(7-9-15)5-4-11-10-17-11/h11H,4-10H2,1-3H3/t11-/m0/s1. The van der Waals surface area contributed by atoms with E-state index in [1.54, 1.807) is 4.90 Å². The molecule has 2 rings (SSSR count). The van der Waals surface area contributed by atoms with Gasteiger partial charge in [0.15, 0.2) is 0 Å². The van der Waals surface area contributed by atoms with Crippen LogP contribution in [-0.4, -0.2) is 66.9 Å². The number of nitrogens with zero attached hydrogens (tertiary/aromatic N) is 2. The van der Waals surface area contributed by atoms with E-state index in [0.29, 0.717) is 6.10 Å². The van der Waals surface area contributed by atoms with Gasteiger partial charge >= 0.3 is 6.09 Å². The fourth-order valence-corrected chi connectivity index (χ4v) is 2.04. The average Bonchev–Trinajstić information content (AvgIpc) is 3.08. The topological polar surface area (TPSA) is 45.3 Å². The van der Waals surface area contributed by atoms with Gasteiger partial charge in [0.1, 0.15) is 5.60 Å². The van der Waals surface area contributed by atoms with Gasteiger partial charge in [-0.3, -0.25) is 4.90 Å². The quantitative estimate of drug-likeness (QED) is 0.715. The minimum absolute atomic E-state index is 0.187. The van der Waals surface area contributed by atoms with Crippen LogP contribution < -0.4 is 0 Å². The predicted molar refractivity (Wildman–Crippen MR) is 68.6 cm³/mol. The molecule has 2 heterocycles. The highest BCUT2D eigenvalue weighted by Crippen LogP contribution is 2.15. The van der Waals surface area contributed by atoms with Crippen molar-refractivity contribution in [3.05, 3.63) is 0 Å². The Morgan fingerprint density at radius 1 is 1.28 bits per heavy atom. The number of carbonyl (C=O) groups excluding carboxylic acids is 1. The van der Waals surface area contributed by atoms with E-state index in [9.17, 15) is 4.79 Å². The molecule has 0 N–H and O–H groups in total. The first kappa shape index (κ1) is 13.6. The van der Waals surface area contributed by atoms with Crippen LogP contribution >= 0.6 is 0 Å². The maximum atomic E-state index is 11.9. The van der Waals surface area contributed by atoms with Crippen LogP contribution in [0.5, 0.6) is 0 Å². The van der Waals surface area contributed by atoms with Crippen molar-refractivity contribution in [3.8, 4) is 0 Å². The number of epoxide rings is 1. The lowest BCUT2D eigenvalue weighted by Gasteiger charge is -2.35. The van der Waals surface area contributed by atoms with E-state index in [2.05, 4.69) is 4.90 Å². The van der Waals surface area contributed by atoms with Gasteiger partial charge in [-0.2, -0.15) is 0 Å². The van der Waals surface area contributed by atoms with Gasteiger partial charge in [0.05, 0.1) is 12.7 Å². The Morgan fingerprint density at radius 3 is 2.39 bits per heavy atom. The zero-order valence-corrected chi connectivity index (χ0v) is 11.6. The van der Waals surface area contributed by atoms with Gasteiger partial charge in [0.25, 0.3) is 0 Å². The second kappa shape index (κ2) is 5.45. The van der Waals surface area contributed by atoms with Crippen molar-refractivity contribution in [3.63, 3.8) is 0 Å². The van der Waals surface area contributed by atoms with Crippen molar-refractivity contribution < 1.29 is 14.3 Å². The molecular formula is C13H24N2O3. The molecule has 2 aliphatic heterocycles. The van der Waals surface area contributed by atoms with Crippen molar-refractivity contribution in [2.45, 2.75) is 38.9 Å². The predicted octanol–water partition coefficient (Wildman–Crippen LogP) is 1.33. The normalized spacial score (nSPS) is 25.1. The summed E-state index contributed by atoms with van der Waals surface area (Å²) in [7, 11) is 0. The summed E-state index contributed by atoms with van der Waals surface area (Å²) in [5.41, 5.74) is -0.405. The molecule has 0 aromatic carbocycles. The van der Waals surface area contributed by atoms with Crippen molar-refractivity contribution in [2.75, 3.05) is 39.3 Å². The lowest BCUT2D eigenvalue weighted by Crippen LogP contribution is -2.50. The molecule has 18 heavy (non-hydrogen) atoms. The Balaban J connectivity index is 1.67. The number of rotatable bonds is 3. The van der Waals surface area contributed by atoms with Crippen LogP contribution in [0.4, 0.5) is 4.79 Å². The fraction of sp³-hybridized carbons (Fsp3) is 0.923. The molecule has 0 aromatic rings. The molecule has 2 fully saturated rings. The van der Waals surface area contributed by atoms with Gasteiger partial charge in [-0.25, -0.2) is 4.79 Å². The van der Waals surface area contributed by atoms with E-state index in [1.807, 2.05) is 20.8 Å². The molecule has 104 valence electrons. The Labute approximate surface area is 109 Å². The monoisotopic (exact) mass is 256 g/mol. The zero-order valence-electron chi connectivity index (χ0n) is 11.6. The Kier molecular flexibility index (Phi) is 4.12. The van der Waals surface area contributed by atoms with Crippen LogP contribution in [0.1, 0.15) is 27.2 Å². The molecule has 0 radical (unpaired) electrons. The number of piperazine rings is 1. The van der Waals surface area contributed by atoms with Crippen LogP contribution in [0.25, 0.3) is 0 Å². The maximum Gasteiger partial charge on any atom is 0.410 e. The van der Waals surface area contributed by atoms with Gasteiger partial charge in [0.2, 0.25) is 0 Å². The van der Waals surface area contributed by atoms with Gasteiger partial charge < -0.3 is 14.4 Å². The van der Waals surface area contributed by atoms with Crippen molar-refractivity contribution in [1.82, 2.24) is 9.80 Å². The van der Waals surface area contributed by atoms with Crippen molar-refractivity contribution in [2.24, 2.45) is 0 Å². The molecule has 5 nitrogen and oxygen atoms in total. The molecule has 0 bridgehead atoms. The third-order valence-electron chi connectivity index (χ3n) is 3.19. The van der Waals surface area contributed by atoms with Crippen LogP contribution in [0.15, 0.2) is 0 Å². The lowest BCUT2D eigenvalue weighted by molar-refractivity contribution is 0.0143. The SMILES string of the molecule is CC(C)(C)OC(=O)N1CCN(CC[C@H]2CO2)CC1. The highest BCUT2D eigenvalue weighted by molar-refractivity contribution is 5.68. The molecule has 0 unspecified atom stereocenters. The van der Waals surface area contributed by atoms with E-state index in [-0.39, 0.29) is 6.09 Å². The molecule has 0 aromatic heterocycles. The third-order valence-corrected chi connectivity index (χ3v) is 3.19. The number of ether oxygens (including phenoxy) is 2. The van der Waals surface area contributed by atoms with E-state index < -0.39 is 5.60 Å². The highest BCUT2D eigenvalue weighted by Gasteiger charge is 2.27. The second-order valence-corrected chi connectivity index (χ2v) is 6.05. The molecule has 0 spiro atoms. The highest BCUT2D eigenvalue weighted by atomic mass is 16.6. The first-order chi connectivity index (χ1) is 8.44.